The normalized spacial score (nSPS) is 22.3. The lowest BCUT2D eigenvalue weighted by molar-refractivity contribution is -0.126. The molecular weight excluding hydrogens is 436 g/mol. The number of nitrogens with one attached hydrogen (secondary N) is 1. The third-order valence-corrected chi connectivity index (χ3v) is 6.33. The fraction of sp³-hybridized carbons (Fsp3) is 0.267. The second-order valence-corrected chi connectivity index (χ2v) is 8.96. The van der Waals surface area contributed by atoms with Crippen LogP contribution in [-0.4, -0.2) is 35.9 Å². The Hall–Kier alpha value is -3.86. The molecule has 0 aliphatic carbocycles. The van der Waals surface area contributed by atoms with E-state index < -0.39 is 6.04 Å². The zero-order valence-corrected chi connectivity index (χ0v) is 20.3. The van der Waals surface area contributed by atoms with E-state index in [0.29, 0.717) is 30.6 Å². The van der Waals surface area contributed by atoms with Crippen LogP contribution in [0.4, 0.5) is 0 Å². The topological polar surface area (TPSA) is 58.6 Å². The number of amides is 2. The minimum absolute atomic E-state index is 0.0988. The third-order valence-electron chi connectivity index (χ3n) is 6.33. The van der Waals surface area contributed by atoms with Gasteiger partial charge in [0.15, 0.2) is 0 Å². The number of carbonyl (C=O) groups excluding carboxylic acids is 2. The number of likely N-dealkylation sites (N-methyl/N-ethyl adjacent to an activating group) is 1. The molecule has 1 N–H and O–H groups in total. The molecule has 0 bridgehead atoms. The first kappa shape index (κ1) is 24.3. The monoisotopic (exact) mass is 468 g/mol. The summed E-state index contributed by atoms with van der Waals surface area (Å²) < 4.78 is 6.15. The molecule has 4 rings (SSSR count). The van der Waals surface area contributed by atoms with Crippen molar-refractivity contribution >= 4 is 11.8 Å². The fourth-order valence-electron chi connectivity index (χ4n) is 4.34. The maximum Gasteiger partial charge on any atom is 0.258 e. The average Bonchev–Trinajstić information content (AvgIpc) is 2.89. The van der Waals surface area contributed by atoms with Crippen LogP contribution in [0.25, 0.3) is 0 Å². The molecule has 0 fully saturated rings. The van der Waals surface area contributed by atoms with Gasteiger partial charge in [0.25, 0.3) is 5.91 Å². The van der Waals surface area contributed by atoms with Gasteiger partial charge in [-0.2, -0.15) is 0 Å². The third kappa shape index (κ3) is 6.18. The van der Waals surface area contributed by atoms with Crippen molar-refractivity contribution in [1.29, 1.82) is 0 Å². The number of fused-ring (bicyclic) bond motifs is 1. The summed E-state index contributed by atoms with van der Waals surface area (Å²) in [6.07, 6.45) is 5.83. The first-order chi connectivity index (χ1) is 17.0. The zero-order valence-electron chi connectivity index (χ0n) is 20.3. The first-order valence-electron chi connectivity index (χ1n) is 12.1. The van der Waals surface area contributed by atoms with Crippen LogP contribution in [0.2, 0.25) is 0 Å². The highest BCUT2D eigenvalue weighted by Crippen LogP contribution is 2.25. The van der Waals surface area contributed by atoms with E-state index >= 15 is 0 Å². The van der Waals surface area contributed by atoms with Crippen LogP contribution in [0.3, 0.4) is 0 Å². The van der Waals surface area contributed by atoms with Crippen molar-refractivity contribution in [3.05, 3.63) is 114 Å². The minimum Gasteiger partial charge on any atom is -0.490 e. The van der Waals surface area contributed by atoms with E-state index in [-0.39, 0.29) is 24.0 Å². The summed E-state index contributed by atoms with van der Waals surface area (Å²) in [7, 11) is 1.69. The van der Waals surface area contributed by atoms with Gasteiger partial charge in [-0.15, -0.1) is 0 Å². The number of hydrogen-bond acceptors (Lipinski definition) is 3. The van der Waals surface area contributed by atoms with Gasteiger partial charge >= 0.3 is 0 Å². The van der Waals surface area contributed by atoms with Crippen molar-refractivity contribution in [3.8, 4) is 5.75 Å². The summed E-state index contributed by atoms with van der Waals surface area (Å²) in [5.74, 6) is 0.104. The SMILES string of the molecule is C[C@@H]1C/C=C\C[C@@H](c2ccccc2)NC(=O)[C@@H](Cc2ccccc2)N(C)C(=O)c2ccccc2O1. The molecule has 1 aliphatic heterocycles. The Labute approximate surface area is 207 Å². The summed E-state index contributed by atoms with van der Waals surface area (Å²) in [6, 6.07) is 26.1. The number of rotatable bonds is 3. The fourth-order valence-corrected chi connectivity index (χ4v) is 4.34. The van der Waals surface area contributed by atoms with Crippen LogP contribution in [0.1, 0.15) is 47.3 Å². The summed E-state index contributed by atoms with van der Waals surface area (Å²) >= 11 is 0. The Morgan fingerprint density at radius 2 is 1.49 bits per heavy atom. The van der Waals surface area contributed by atoms with Crippen molar-refractivity contribution < 1.29 is 14.3 Å². The van der Waals surface area contributed by atoms with E-state index in [1.807, 2.05) is 85.8 Å². The molecule has 3 aromatic carbocycles. The molecule has 3 aromatic rings. The largest absolute Gasteiger partial charge is 0.490 e. The van der Waals surface area contributed by atoms with Gasteiger partial charge in [0.2, 0.25) is 5.91 Å². The lowest BCUT2D eigenvalue weighted by Crippen LogP contribution is -2.49. The maximum absolute atomic E-state index is 13.7. The molecule has 0 saturated heterocycles. The van der Waals surface area contributed by atoms with Gasteiger partial charge in [0.1, 0.15) is 11.8 Å². The molecule has 1 heterocycles. The van der Waals surface area contributed by atoms with Gasteiger partial charge in [-0.25, -0.2) is 0 Å². The summed E-state index contributed by atoms with van der Waals surface area (Å²) in [6.45, 7) is 2.00. The highest BCUT2D eigenvalue weighted by molar-refractivity contribution is 5.99. The number of benzene rings is 3. The van der Waals surface area contributed by atoms with Crippen molar-refractivity contribution in [3.63, 3.8) is 0 Å². The lowest BCUT2D eigenvalue weighted by atomic mass is 9.99. The van der Waals surface area contributed by atoms with Gasteiger partial charge in [0, 0.05) is 19.9 Å². The highest BCUT2D eigenvalue weighted by Gasteiger charge is 2.31. The van der Waals surface area contributed by atoms with Gasteiger partial charge in [-0.3, -0.25) is 9.59 Å². The van der Waals surface area contributed by atoms with Crippen molar-refractivity contribution in [2.45, 2.75) is 44.4 Å². The average molecular weight is 469 g/mol. The predicted octanol–water partition coefficient (Wildman–Crippen LogP) is 5.34. The molecule has 0 unspecified atom stereocenters. The Kier molecular flexibility index (Phi) is 7.99. The van der Waals surface area contributed by atoms with Crippen molar-refractivity contribution in [2.75, 3.05) is 7.05 Å². The number of nitrogens with zero attached hydrogens (tertiary/aromatic N) is 1. The molecule has 180 valence electrons. The summed E-state index contributed by atoms with van der Waals surface area (Å²) in [5, 5.41) is 3.23. The number of ether oxygens (including phenoxy) is 1. The Morgan fingerprint density at radius 3 is 2.23 bits per heavy atom. The molecular formula is C30H32N2O3. The van der Waals surface area contributed by atoms with E-state index in [1.54, 1.807) is 18.0 Å². The molecule has 0 saturated carbocycles. The first-order valence-corrected chi connectivity index (χ1v) is 12.1. The quantitative estimate of drug-likeness (QED) is 0.528. The van der Waals surface area contributed by atoms with E-state index in [2.05, 4.69) is 17.5 Å². The Balaban J connectivity index is 1.73. The molecule has 3 atom stereocenters. The lowest BCUT2D eigenvalue weighted by Gasteiger charge is -2.30. The second kappa shape index (κ2) is 11.5. The number of hydrogen-bond donors (Lipinski definition) is 1. The molecule has 0 spiro atoms. The zero-order chi connectivity index (χ0) is 24.6. The Morgan fingerprint density at radius 1 is 0.857 bits per heavy atom. The summed E-state index contributed by atoms with van der Waals surface area (Å²) in [5.41, 5.74) is 2.47. The second-order valence-electron chi connectivity index (χ2n) is 8.96. The standard InChI is InChI=1S/C30H32N2O3/c1-22-13-9-11-19-26(24-16-7-4-8-17-24)31-29(33)27(21-23-14-5-3-6-15-23)32(2)30(34)25-18-10-12-20-28(25)35-22/h3-12,14-18,20,22,26-27H,13,19,21H2,1-2H3,(H,31,33)/b11-9-/t22-,26+,27-/m1/s1. The number of para-hydroxylation sites is 1. The number of carbonyl (C=O) groups is 2. The molecule has 35 heavy (non-hydrogen) atoms. The van der Waals surface area contributed by atoms with Gasteiger partial charge < -0.3 is 15.0 Å². The molecule has 2 amide bonds. The molecule has 1 aliphatic rings. The smallest absolute Gasteiger partial charge is 0.258 e. The van der Waals surface area contributed by atoms with Gasteiger partial charge in [-0.1, -0.05) is 84.9 Å². The molecule has 5 heteroatoms. The summed E-state index contributed by atoms with van der Waals surface area (Å²) in [4.78, 5) is 28.9. The highest BCUT2D eigenvalue weighted by atomic mass is 16.5. The van der Waals surface area contributed by atoms with Gasteiger partial charge in [-0.05, 0) is 36.6 Å². The van der Waals surface area contributed by atoms with Gasteiger partial charge in [0.05, 0.1) is 17.7 Å². The van der Waals surface area contributed by atoms with E-state index in [1.165, 1.54) is 0 Å². The van der Waals surface area contributed by atoms with Crippen LogP contribution in [0.5, 0.6) is 5.75 Å². The molecule has 0 radical (unpaired) electrons. The van der Waals surface area contributed by atoms with Crippen LogP contribution in [0, 0.1) is 0 Å². The van der Waals surface area contributed by atoms with Crippen molar-refractivity contribution in [1.82, 2.24) is 10.2 Å². The predicted molar refractivity (Wildman–Crippen MR) is 138 cm³/mol. The molecule has 0 aromatic heterocycles. The van der Waals surface area contributed by atoms with Crippen LogP contribution in [0.15, 0.2) is 97.1 Å². The maximum atomic E-state index is 13.7. The van der Waals surface area contributed by atoms with E-state index in [9.17, 15) is 9.59 Å². The molecule has 5 nitrogen and oxygen atoms in total. The van der Waals surface area contributed by atoms with E-state index in [0.717, 1.165) is 11.1 Å². The van der Waals surface area contributed by atoms with Crippen molar-refractivity contribution in [2.24, 2.45) is 0 Å². The van der Waals surface area contributed by atoms with Crippen LogP contribution in [-0.2, 0) is 11.2 Å². The minimum atomic E-state index is -0.687. The van der Waals surface area contributed by atoms with Crippen LogP contribution >= 0.6 is 0 Å². The van der Waals surface area contributed by atoms with E-state index in [4.69, 9.17) is 4.74 Å². The Bertz CT molecular complexity index is 1160. The van der Waals surface area contributed by atoms with Crippen LogP contribution < -0.4 is 10.1 Å².